The molecule has 3 aromatic rings. The molecule has 0 bridgehead atoms. The molecule has 0 atom stereocenters. The van der Waals surface area contributed by atoms with E-state index in [4.69, 9.17) is 9.26 Å². The van der Waals surface area contributed by atoms with E-state index >= 15 is 0 Å². The van der Waals surface area contributed by atoms with Crippen molar-refractivity contribution in [3.8, 4) is 11.4 Å². The Labute approximate surface area is 166 Å². The second kappa shape index (κ2) is 8.80. The summed E-state index contributed by atoms with van der Waals surface area (Å²) in [6.07, 6.45) is 0. The third kappa shape index (κ3) is 4.57. The summed E-state index contributed by atoms with van der Waals surface area (Å²) in [6, 6.07) is 6.32. The highest BCUT2D eigenvalue weighted by Gasteiger charge is 2.18. The fourth-order valence-electron chi connectivity index (χ4n) is 3.00. The Balaban J connectivity index is 1.54. The zero-order valence-corrected chi connectivity index (χ0v) is 16.4. The van der Waals surface area contributed by atoms with Gasteiger partial charge in [-0.2, -0.15) is 4.98 Å². The van der Waals surface area contributed by atoms with Gasteiger partial charge in [0.1, 0.15) is 5.82 Å². The lowest BCUT2D eigenvalue weighted by Gasteiger charge is -2.27. The summed E-state index contributed by atoms with van der Waals surface area (Å²) in [5.74, 6) is 2.14. The van der Waals surface area contributed by atoms with Crippen LogP contribution in [-0.4, -0.2) is 62.7 Å². The number of ether oxygens (including phenoxy) is 1. The highest BCUT2D eigenvalue weighted by molar-refractivity contribution is 7.98. The number of benzene rings is 1. The number of rotatable bonds is 7. The summed E-state index contributed by atoms with van der Waals surface area (Å²) in [5, 5.41) is 13.4. The second-order valence-corrected chi connectivity index (χ2v) is 7.38. The van der Waals surface area contributed by atoms with E-state index in [-0.39, 0.29) is 5.82 Å². The van der Waals surface area contributed by atoms with Crippen LogP contribution in [0.15, 0.2) is 33.9 Å². The van der Waals surface area contributed by atoms with Crippen LogP contribution < -0.4 is 0 Å². The van der Waals surface area contributed by atoms with Crippen molar-refractivity contribution in [3.05, 3.63) is 41.8 Å². The first-order valence-corrected chi connectivity index (χ1v) is 10.1. The minimum atomic E-state index is -0.273. The molecule has 4 rings (SSSR count). The first-order chi connectivity index (χ1) is 13.7. The highest BCUT2D eigenvalue weighted by atomic mass is 32.2. The maximum absolute atomic E-state index is 13.3. The standard InChI is InChI=1S/C18H21FN6O2S/c1-13-20-16(23-27-13)12-28-18-22-21-17(14-2-4-15(19)5-3-14)25(18)7-6-24-8-10-26-11-9-24/h2-5H,6-12H2,1H3. The van der Waals surface area contributed by atoms with Crippen LogP contribution in [0.5, 0.6) is 0 Å². The molecule has 3 heterocycles. The summed E-state index contributed by atoms with van der Waals surface area (Å²) in [6.45, 7) is 6.70. The van der Waals surface area contributed by atoms with Crippen molar-refractivity contribution >= 4 is 11.8 Å². The third-order valence-electron chi connectivity index (χ3n) is 4.46. The van der Waals surface area contributed by atoms with Gasteiger partial charge in [-0.1, -0.05) is 16.9 Å². The SMILES string of the molecule is Cc1nc(CSc2nnc(-c3ccc(F)cc3)n2CCN2CCOCC2)no1. The first kappa shape index (κ1) is 19.0. The number of thioether (sulfide) groups is 1. The fourth-order valence-corrected chi connectivity index (χ4v) is 3.81. The van der Waals surface area contributed by atoms with Gasteiger partial charge in [-0.25, -0.2) is 4.39 Å². The molecule has 0 amide bonds. The number of hydrogen-bond acceptors (Lipinski definition) is 8. The van der Waals surface area contributed by atoms with Gasteiger partial charge in [-0.05, 0) is 24.3 Å². The van der Waals surface area contributed by atoms with Crippen molar-refractivity contribution in [2.75, 3.05) is 32.8 Å². The summed E-state index contributed by atoms with van der Waals surface area (Å²) >= 11 is 1.51. The zero-order chi connectivity index (χ0) is 19.3. The number of nitrogens with zero attached hydrogens (tertiary/aromatic N) is 6. The Morgan fingerprint density at radius 3 is 2.61 bits per heavy atom. The summed E-state index contributed by atoms with van der Waals surface area (Å²) in [4.78, 5) is 6.59. The van der Waals surface area contributed by atoms with Crippen molar-refractivity contribution in [2.45, 2.75) is 24.4 Å². The molecule has 1 saturated heterocycles. The van der Waals surface area contributed by atoms with Gasteiger partial charge in [0.15, 0.2) is 16.8 Å². The van der Waals surface area contributed by atoms with E-state index in [1.807, 2.05) is 0 Å². The molecule has 0 N–H and O–H groups in total. The number of hydrogen-bond donors (Lipinski definition) is 0. The highest BCUT2D eigenvalue weighted by Crippen LogP contribution is 2.26. The average molecular weight is 404 g/mol. The van der Waals surface area contributed by atoms with E-state index in [1.165, 1.54) is 23.9 Å². The molecule has 8 nitrogen and oxygen atoms in total. The Morgan fingerprint density at radius 1 is 1.11 bits per heavy atom. The molecule has 1 aliphatic heterocycles. The van der Waals surface area contributed by atoms with Gasteiger partial charge in [0, 0.05) is 38.7 Å². The fraction of sp³-hybridized carbons (Fsp3) is 0.444. The Hall–Kier alpha value is -2.30. The molecule has 10 heteroatoms. The minimum Gasteiger partial charge on any atom is -0.379 e. The number of halogens is 1. The molecule has 0 saturated carbocycles. The summed E-state index contributed by atoms with van der Waals surface area (Å²) in [7, 11) is 0. The van der Waals surface area contributed by atoms with Crippen LogP contribution in [0.3, 0.4) is 0 Å². The second-order valence-electron chi connectivity index (χ2n) is 6.44. The van der Waals surface area contributed by atoms with Gasteiger partial charge in [-0.15, -0.1) is 10.2 Å². The van der Waals surface area contributed by atoms with Crippen LogP contribution >= 0.6 is 11.8 Å². The summed E-state index contributed by atoms with van der Waals surface area (Å²) in [5.41, 5.74) is 0.832. The monoisotopic (exact) mass is 404 g/mol. The van der Waals surface area contributed by atoms with Crippen LogP contribution in [0, 0.1) is 12.7 Å². The molecule has 0 spiro atoms. The van der Waals surface area contributed by atoms with Crippen molar-refractivity contribution in [2.24, 2.45) is 0 Å². The molecule has 148 valence electrons. The quantitative estimate of drug-likeness (QED) is 0.555. The lowest BCUT2D eigenvalue weighted by atomic mass is 10.2. The van der Waals surface area contributed by atoms with Crippen molar-refractivity contribution in [1.29, 1.82) is 0 Å². The molecular weight excluding hydrogens is 383 g/mol. The van der Waals surface area contributed by atoms with Crippen LogP contribution in [0.4, 0.5) is 4.39 Å². The molecule has 28 heavy (non-hydrogen) atoms. The topological polar surface area (TPSA) is 82.1 Å². The molecule has 0 unspecified atom stereocenters. The number of aryl methyl sites for hydroxylation is 1. The molecular formula is C18H21FN6O2S. The zero-order valence-electron chi connectivity index (χ0n) is 15.5. The smallest absolute Gasteiger partial charge is 0.223 e. The Kier molecular flexibility index (Phi) is 5.98. The molecule has 1 aromatic carbocycles. The van der Waals surface area contributed by atoms with E-state index in [1.54, 1.807) is 19.1 Å². The number of morpholine rings is 1. The van der Waals surface area contributed by atoms with Gasteiger partial charge < -0.3 is 13.8 Å². The predicted octanol–water partition coefficient (Wildman–Crippen LogP) is 2.40. The molecule has 0 radical (unpaired) electrons. The molecule has 1 fully saturated rings. The lowest BCUT2D eigenvalue weighted by molar-refractivity contribution is 0.0361. The van der Waals surface area contributed by atoms with Gasteiger partial charge >= 0.3 is 0 Å². The normalized spacial score (nSPS) is 15.2. The largest absolute Gasteiger partial charge is 0.379 e. The van der Waals surface area contributed by atoms with Gasteiger partial charge in [0.25, 0.3) is 0 Å². The van der Waals surface area contributed by atoms with Gasteiger partial charge in [0.05, 0.1) is 19.0 Å². The minimum absolute atomic E-state index is 0.273. The van der Waals surface area contributed by atoms with Crippen molar-refractivity contribution in [1.82, 2.24) is 29.8 Å². The Morgan fingerprint density at radius 2 is 1.89 bits per heavy atom. The molecule has 2 aromatic heterocycles. The van der Waals surface area contributed by atoms with Gasteiger partial charge in [-0.3, -0.25) is 4.90 Å². The molecule has 0 aliphatic carbocycles. The maximum atomic E-state index is 13.3. The van der Waals surface area contributed by atoms with Crippen LogP contribution in [0.1, 0.15) is 11.7 Å². The van der Waals surface area contributed by atoms with E-state index in [9.17, 15) is 4.39 Å². The first-order valence-electron chi connectivity index (χ1n) is 9.10. The third-order valence-corrected chi connectivity index (χ3v) is 5.43. The van der Waals surface area contributed by atoms with Crippen LogP contribution in [0.2, 0.25) is 0 Å². The van der Waals surface area contributed by atoms with Crippen molar-refractivity contribution < 1.29 is 13.7 Å². The van der Waals surface area contributed by atoms with E-state index in [2.05, 4.69) is 29.8 Å². The van der Waals surface area contributed by atoms with Gasteiger partial charge in [0.2, 0.25) is 5.89 Å². The lowest BCUT2D eigenvalue weighted by Crippen LogP contribution is -2.38. The van der Waals surface area contributed by atoms with E-state index in [0.717, 1.165) is 55.9 Å². The van der Waals surface area contributed by atoms with E-state index in [0.29, 0.717) is 17.5 Å². The van der Waals surface area contributed by atoms with E-state index < -0.39 is 0 Å². The average Bonchev–Trinajstić information content (AvgIpc) is 3.32. The number of aromatic nitrogens is 5. The van der Waals surface area contributed by atoms with Crippen molar-refractivity contribution in [3.63, 3.8) is 0 Å². The Bertz CT molecular complexity index is 907. The maximum Gasteiger partial charge on any atom is 0.223 e. The summed E-state index contributed by atoms with van der Waals surface area (Å²) < 4.78 is 25.8. The van der Waals surface area contributed by atoms with Crippen LogP contribution in [-0.2, 0) is 17.0 Å². The predicted molar refractivity (Wildman–Crippen MR) is 101 cm³/mol. The van der Waals surface area contributed by atoms with Crippen LogP contribution in [0.25, 0.3) is 11.4 Å². The molecule has 1 aliphatic rings.